The topological polar surface area (TPSA) is 86.4 Å². The molecule has 0 aromatic carbocycles. The van der Waals surface area contributed by atoms with Crippen molar-refractivity contribution in [3.63, 3.8) is 0 Å². The first-order chi connectivity index (χ1) is 12.2. The van der Waals surface area contributed by atoms with Gasteiger partial charge in [0.2, 0.25) is 0 Å². The summed E-state index contributed by atoms with van der Waals surface area (Å²) in [7, 11) is 0. The van der Waals surface area contributed by atoms with Crippen LogP contribution in [-0.4, -0.2) is 83.8 Å². The van der Waals surface area contributed by atoms with E-state index in [1.807, 2.05) is 0 Å². The number of nitrogens with zero attached hydrogens (tertiary/aromatic N) is 3. The quantitative estimate of drug-likeness (QED) is 0.332. The number of hydrogen-bond donors (Lipinski definition) is 3. The summed E-state index contributed by atoms with van der Waals surface area (Å²) in [5, 5.41) is 4.67. The standard InChI is InChI=1S/C15H25N5O4S/c21-14(13-3-2-11-8-19(13)15(22)20(11)24-25)17-23-9-10-6-12(7-16-10)18-4-1-5-18/h10-13,16,25H,1-9H2,(H,17,21)/t10-,11?,12+,13?/m0/s1. The van der Waals surface area contributed by atoms with Gasteiger partial charge in [-0.25, -0.2) is 14.6 Å². The number of likely N-dealkylation sites (tertiary alicyclic amines) is 1. The van der Waals surface area contributed by atoms with Gasteiger partial charge >= 0.3 is 6.03 Å². The van der Waals surface area contributed by atoms with Gasteiger partial charge in [0.25, 0.3) is 5.91 Å². The number of hydrogen-bond acceptors (Lipinski definition) is 7. The summed E-state index contributed by atoms with van der Waals surface area (Å²) < 4.78 is 4.82. The van der Waals surface area contributed by atoms with E-state index in [0.29, 0.717) is 32.0 Å². The molecule has 4 aliphatic rings. The number of piperidine rings is 1. The number of amides is 3. The van der Waals surface area contributed by atoms with Crippen LogP contribution in [0.25, 0.3) is 0 Å². The maximum atomic E-state index is 12.4. The second-order valence-corrected chi connectivity index (χ2v) is 7.41. The molecule has 4 aliphatic heterocycles. The van der Waals surface area contributed by atoms with Gasteiger partial charge in [-0.05, 0) is 38.8 Å². The van der Waals surface area contributed by atoms with Crippen LogP contribution >= 0.6 is 12.9 Å². The highest BCUT2D eigenvalue weighted by Gasteiger charge is 2.48. The molecule has 0 radical (unpaired) electrons. The van der Waals surface area contributed by atoms with E-state index in [0.717, 1.165) is 13.0 Å². The van der Waals surface area contributed by atoms with E-state index in [-0.39, 0.29) is 24.0 Å². The predicted molar refractivity (Wildman–Crippen MR) is 91.3 cm³/mol. The largest absolute Gasteiger partial charge is 0.345 e. The number of nitrogens with one attached hydrogen (secondary N) is 2. The molecule has 9 nitrogen and oxygen atoms in total. The van der Waals surface area contributed by atoms with E-state index >= 15 is 0 Å². The summed E-state index contributed by atoms with van der Waals surface area (Å²) in [5.41, 5.74) is 2.52. The highest BCUT2D eigenvalue weighted by molar-refractivity contribution is 7.75. The first-order valence-corrected chi connectivity index (χ1v) is 9.34. The van der Waals surface area contributed by atoms with Crippen molar-refractivity contribution in [3.05, 3.63) is 0 Å². The Kier molecular flexibility index (Phi) is 5.05. The van der Waals surface area contributed by atoms with Crippen molar-refractivity contribution in [1.82, 2.24) is 25.7 Å². The SMILES string of the molecule is O=C(NOC[C@@H]1C[C@@H](N2CCC2)CN1)C1CCC2CN1C(=O)N2OS. The fraction of sp³-hybridized carbons (Fsp3) is 0.867. The Morgan fingerprint density at radius 3 is 2.88 bits per heavy atom. The number of rotatable bonds is 6. The van der Waals surface area contributed by atoms with Crippen LogP contribution in [-0.2, 0) is 13.9 Å². The molecule has 2 unspecified atom stereocenters. The van der Waals surface area contributed by atoms with E-state index < -0.39 is 6.04 Å². The molecule has 3 amide bonds. The van der Waals surface area contributed by atoms with Gasteiger partial charge in [0.05, 0.1) is 12.6 Å². The molecule has 0 spiro atoms. The Balaban J connectivity index is 1.21. The maximum absolute atomic E-state index is 12.4. The third-order valence-electron chi connectivity index (χ3n) is 5.78. The Bertz CT molecular complexity index is 534. The van der Waals surface area contributed by atoms with Crippen LogP contribution in [0.2, 0.25) is 0 Å². The molecule has 10 heteroatoms. The van der Waals surface area contributed by atoms with E-state index in [9.17, 15) is 9.59 Å². The summed E-state index contributed by atoms with van der Waals surface area (Å²) in [5.74, 6) is -0.273. The van der Waals surface area contributed by atoms with Crippen molar-refractivity contribution in [3.8, 4) is 0 Å². The molecule has 4 rings (SSSR count). The second-order valence-electron chi connectivity index (χ2n) is 7.25. The van der Waals surface area contributed by atoms with Crippen LogP contribution in [0.15, 0.2) is 0 Å². The van der Waals surface area contributed by atoms with Gasteiger partial charge in [-0.3, -0.25) is 14.5 Å². The lowest BCUT2D eigenvalue weighted by atomic mass is 10.0. The Hall–Kier alpha value is -1.07. The smallest absolute Gasteiger partial charge is 0.310 e. The minimum atomic E-state index is -0.511. The zero-order valence-corrected chi connectivity index (χ0v) is 15.0. The molecule has 4 fully saturated rings. The molecule has 0 aromatic rings. The van der Waals surface area contributed by atoms with Crippen molar-refractivity contribution in [2.45, 2.75) is 49.9 Å². The minimum Gasteiger partial charge on any atom is -0.310 e. The number of urea groups is 1. The van der Waals surface area contributed by atoms with Gasteiger partial charge in [0, 0.05) is 38.1 Å². The molecule has 0 aliphatic carbocycles. The normalized spacial score (nSPS) is 35.2. The summed E-state index contributed by atoms with van der Waals surface area (Å²) in [4.78, 5) is 34.0. The van der Waals surface area contributed by atoms with Crippen molar-refractivity contribution >= 4 is 24.8 Å². The molecule has 4 atom stereocenters. The van der Waals surface area contributed by atoms with Crippen molar-refractivity contribution in [2.24, 2.45) is 0 Å². The molecule has 2 bridgehead atoms. The Labute approximate surface area is 152 Å². The average molecular weight is 371 g/mol. The maximum Gasteiger partial charge on any atom is 0.345 e. The van der Waals surface area contributed by atoms with Crippen LogP contribution in [0, 0.1) is 0 Å². The molecular weight excluding hydrogens is 346 g/mol. The number of hydroxylamine groups is 3. The van der Waals surface area contributed by atoms with E-state index in [1.54, 1.807) is 0 Å². The number of thiol groups is 1. The highest BCUT2D eigenvalue weighted by atomic mass is 32.1. The van der Waals surface area contributed by atoms with E-state index in [2.05, 4.69) is 28.6 Å². The van der Waals surface area contributed by atoms with Gasteiger partial charge in [-0.2, -0.15) is 5.06 Å². The Morgan fingerprint density at radius 1 is 1.32 bits per heavy atom. The monoisotopic (exact) mass is 371 g/mol. The second kappa shape index (κ2) is 7.28. The van der Waals surface area contributed by atoms with Crippen LogP contribution in [0.1, 0.15) is 25.7 Å². The molecule has 0 aromatic heterocycles. The van der Waals surface area contributed by atoms with Gasteiger partial charge in [0.15, 0.2) is 0 Å². The fourth-order valence-electron chi connectivity index (χ4n) is 4.20. The van der Waals surface area contributed by atoms with Gasteiger partial charge in [0.1, 0.15) is 6.04 Å². The van der Waals surface area contributed by atoms with Gasteiger partial charge in [-0.15, -0.1) is 0 Å². The van der Waals surface area contributed by atoms with Crippen LogP contribution in [0.3, 0.4) is 0 Å². The summed E-state index contributed by atoms with van der Waals surface area (Å²) in [6.45, 7) is 4.28. The van der Waals surface area contributed by atoms with Crippen molar-refractivity contribution in [2.75, 3.05) is 32.8 Å². The van der Waals surface area contributed by atoms with Crippen molar-refractivity contribution in [1.29, 1.82) is 0 Å². The van der Waals surface area contributed by atoms with Gasteiger partial charge < -0.3 is 10.2 Å². The Morgan fingerprint density at radius 2 is 2.16 bits per heavy atom. The molecule has 4 heterocycles. The van der Waals surface area contributed by atoms with Gasteiger partial charge in [-0.1, -0.05) is 0 Å². The highest BCUT2D eigenvalue weighted by Crippen LogP contribution is 2.30. The molecule has 4 saturated heterocycles. The minimum absolute atomic E-state index is 0.0314. The molecule has 140 valence electrons. The third-order valence-corrected chi connectivity index (χ3v) is 5.95. The lowest BCUT2D eigenvalue weighted by Crippen LogP contribution is -2.50. The predicted octanol–water partition coefficient (Wildman–Crippen LogP) is -0.485. The number of carbonyl (C=O) groups excluding carboxylic acids is 2. The average Bonchev–Trinajstić information content (AvgIpc) is 3.10. The number of fused-ring (bicyclic) bond motifs is 2. The molecular formula is C15H25N5O4S. The zero-order valence-electron chi connectivity index (χ0n) is 14.1. The zero-order chi connectivity index (χ0) is 17.4. The summed E-state index contributed by atoms with van der Waals surface area (Å²) in [6.07, 6.45) is 3.64. The van der Waals surface area contributed by atoms with E-state index in [1.165, 1.54) is 29.5 Å². The summed E-state index contributed by atoms with van der Waals surface area (Å²) >= 11 is 3.72. The number of carbonyl (C=O) groups is 2. The van der Waals surface area contributed by atoms with Crippen LogP contribution in [0.5, 0.6) is 0 Å². The first kappa shape index (κ1) is 17.3. The lowest BCUT2D eigenvalue weighted by molar-refractivity contribution is -0.139. The summed E-state index contributed by atoms with van der Waals surface area (Å²) in [6, 6.07) is -0.0166. The molecule has 2 N–H and O–H groups in total. The first-order valence-electron chi connectivity index (χ1n) is 8.98. The lowest BCUT2D eigenvalue weighted by Gasteiger charge is -2.36. The van der Waals surface area contributed by atoms with E-state index in [4.69, 9.17) is 9.12 Å². The van der Waals surface area contributed by atoms with Crippen LogP contribution < -0.4 is 10.8 Å². The fourth-order valence-corrected chi connectivity index (χ4v) is 4.40. The molecule has 25 heavy (non-hydrogen) atoms. The third kappa shape index (κ3) is 3.33. The molecule has 0 saturated carbocycles. The van der Waals surface area contributed by atoms with Crippen LogP contribution in [0.4, 0.5) is 4.79 Å². The van der Waals surface area contributed by atoms with Crippen molar-refractivity contribution < 1.29 is 18.7 Å².